The number of benzene rings is 2. The van der Waals surface area contributed by atoms with E-state index in [1.54, 1.807) is 34.8 Å². The first-order chi connectivity index (χ1) is 17.4. The van der Waals surface area contributed by atoms with Crippen LogP contribution in [-0.2, 0) is 19.6 Å². The smallest absolute Gasteiger partial charge is 0.256 e. The summed E-state index contributed by atoms with van der Waals surface area (Å²) in [4.78, 5) is 24.7. The number of ether oxygens (including phenoxy) is 1. The highest BCUT2D eigenvalue weighted by Crippen LogP contribution is 2.23. The number of anilines is 1. The SMILES string of the molecule is CNc1nn(Cc2ccc(Cn3ccccc3=O)cc2)cc1C(=O)NCc1c(F)ccc(OC)c1F. The Morgan fingerprint density at radius 3 is 2.42 bits per heavy atom. The summed E-state index contributed by atoms with van der Waals surface area (Å²) < 4.78 is 36.6. The van der Waals surface area contributed by atoms with E-state index < -0.39 is 17.5 Å². The van der Waals surface area contributed by atoms with Crippen LogP contribution >= 0.6 is 0 Å². The van der Waals surface area contributed by atoms with Crippen LogP contribution in [0.15, 0.2) is 71.8 Å². The largest absolute Gasteiger partial charge is 0.494 e. The molecular formula is C26H25F2N5O3. The molecule has 2 N–H and O–H groups in total. The number of nitrogens with zero attached hydrogens (tertiary/aromatic N) is 3. The van der Waals surface area contributed by atoms with E-state index in [9.17, 15) is 18.4 Å². The lowest BCUT2D eigenvalue weighted by molar-refractivity contribution is 0.0951. The third-order valence-corrected chi connectivity index (χ3v) is 5.66. The summed E-state index contributed by atoms with van der Waals surface area (Å²) in [5, 5.41) is 9.81. The van der Waals surface area contributed by atoms with Gasteiger partial charge in [-0.3, -0.25) is 14.3 Å². The molecule has 0 atom stereocenters. The van der Waals surface area contributed by atoms with E-state index in [0.717, 1.165) is 17.2 Å². The van der Waals surface area contributed by atoms with Crippen LogP contribution in [-0.4, -0.2) is 34.4 Å². The molecule has 0 radical (unpaired) electrons. The number of carbonyl (C=O) groups is 1. The quantitative estimate of drug-likeness (QED) is 0.373. The van der Waals surface area contributed by atoms with Crippen LogP contribution in [0.2, 0.25) is 0 Å². The monoisotopic (exact) mass is 493 g/mol. The number of methoxy groups -OCH3 is 1. The van der Waals surface area contributed by atoms with Gasteiger partial charge in [0, 0.05) is 37.6 Å². The Bertz CT molecular complexity index is 1430. The van der Waals surface area contributed by atoms with Crippen LogP contribution in [0.3, 0.4) is 0 Å². The summed E-state index contributed by atoms with van der Waals surface area (Å²) in [6, 6.07) is 15.0. The van der Waals surface area contributed by atoms with Crippen LogP contribution in [0, 0.1) is 11.6 Å². The standard InChI is InChI=1S/C26H25F2N5O3/c1-29-25-20(26(35)30-13-19-21(27)10-11-22(36-2)24(19)28)16-33(31-25)15-18-8-6-17(7-9-18)14-32-12-4-3-5-23(32)34/h3-12,16H,13-15H2,1-2H3,(H,29,31)(H,30,35). The molecule has 4 rings (SSSR count). The first-order valence-electron chi connectivity index (χ1n) is 11.2. The molecule has 0 saturated carbocycles. The molecule has 0 aliphatic rings. The van der Waals surface area contributed by atoms with Gasteiger partial charge in [-0.05, 0) is 29.3 Å². The van der Waals surface area contributed by atoms with E-state index in [2.05, 4.69) is 15.7 Å². The number of pyridine rings is 1. The zero-order chi connectivity index (χ0) is 25.7. The Hall–Kier alpha value is -4.47. The van der Waals surface area contributed by atoms with Gasteiger partial charge >= 0.3 is 0 Å². The van der Waals surface area contributed by atoms with E-state index in [4.69, 9.17) is 4.74 Å². The first-order valence-corrected chi connectivity index (χ1v) is 11.2. The van der Waals surface area contributed by atoms with Crippen LogP contribution in [0.1, 0.15) is 27.0 Å². The highest BCUT2D eigenvalue weighted by atomic mass is 19.1. The molecule has 4 aromatic rings. The van der Waals surface area contributed by atoms with E-state index in [1.807, 2.05) is 30.3 Å². The number of aromatic nitrogens is 3. The Morgan fingerprint density at radius 1 is 1.03 bits per heavy atom. The minimum Gasteiger partial charge on any atom is -0.494 e. The van der Waals surface area contributed by atoms with Crippen LogP contribution in [0.25, 0.3) is 0 Å². The average molecular weight is 494 g/mol. The van der Waals surface area contributed by atoms with Gasteiger partial charge in [-0.15, -0.1) is 0 Å². The fraction of sp³-hybridized carbons (Fsp3) is 0.192. The molecule has 1 amide bonds. The summed E-state index contributed by atoms with van der Waals surface area (Å²) in [5.41, 5.74) is 1.79. The van der Waals surface area contributed by atoms with Crippen molar-refractivity contribution in [2.24, 2.45) is 0 Å². The third-order valence-electron chi connectivity index (χ3n) is 5.66. The van der Waals surface area contributed by atoms with Crippen molar-refractivity contribution in [1.82, 2.24) is 19.7 Å². The van der Waals surface area contributed by atoms with Crippen LogP contribution in [0.4, 0.5) is 14.6 Å². The van der Waals surface area contributed by atoms with Gasteiger partial charge in [-0.2, -0.15) is 5.10 Å². The predicted molar refractivity (Wildman–Crippen MR) is 131 cm³/mol. The molecule has 2 aromatic heterocycles. The Balaban J connectivity index is 1.44. The van der Waals surface area contributed by atoms with Crippen molar-refractivity contribution >= 4 is 11.7 Å². The molecule has 0 spiro atoms. The predicted octanol–water partition coefficient (Wildman–Crippen LogP) is 3.40. The molecule has 36 heavy (non-hydrogen) atoms. The molecule has 2 heterocycles. The van der Waals surface area contributed by atoms with Crippen molar-refractivity contribution in [1.29, 1.82) is 0 Å². The van der Waals surface area contributed by atoms with Crippen molar-refractivity contribution < 1.29 is 18.3 Å². The van der Waals surface area contributed by atoms with E-state index in [-0.39, 0.29) is 29.0 Å². The van der Waals surface area contributed by atoms with Gasteiger partial charge in [-0.25, -0.2) is 8.78 Å². The van der Waals surface area contributed by atoms with Gasteiger partial charge in [0.15, 0.2) is 17.4 Å². The number of nitrogens with one attached hydrogen (secondary N) is 2. The normalized spacial score (nSPS) is 10.8. The third kappa shape index (κ3) is 5.43. The molecule has 2 aromatic carbocycles. The lowest BCUT2D eigenvalue weighted by Gasteiger charge is -2.10. The number of hydrogen-bond donors (Lipinski definition) is 2. The highest BCUT2D eigenvalue weighted by molar-refractivity contribution is 5.98. The number of amides is 1. The lowest BCUT2D eigenvalue weighted by Crippen LogP contribution is -2.24. The number of carbonyl (C=O) groups excluding carboxylic acids is 1. The molecule has 8 nitrogen and oxygen atoms in total. The maximum Gasteiger partial charge on any atom is 0.256 e. The second-order valence-corrected chi connectivity index (χ2v) is 8.05. The Labute approximate surface area is 206 Å². The van der Waals surface area contributed by atoms with Crippen molar-refractivity contribution in [3.63, 3.8) is 0 Å². The zero-order valence-corrected chi connectivity index (χ0v) is 19.8. The summed E-state index contributed by atoms with van der Waals surface area (Å²) in [5.74, 6) is -1.94. The Morgan fingerprint density at radius 2 is 1.75 bits per heavy atom. The Kier molecular flexibility index (Phi) is 7.43. The summed E-state index contributed by atoms with van der Waals surface area (Å²) in [6.45, 7) is 0.505. The second kappa shape index (κ2) is 10.9. The van der Waals surface area contributed by atoms with Gasteiger partial charge in [0.05, 0.1) is 20.2 Å². The van der Waals surface area contributed by atoms with Crippen molar-refractivity contribution in [2.75, 3.05) is 19.5 Å². The van der Waals surface area contributed by atoms with E-state index >= 15 is 0 Å². The minimum absolute atomic E-state index is 0.0691. The molecule has 0 aliphatic carbocycles. The van der Waals surface area contributed by atoms with Crippen molar-refractivity contribution in [3.8, 4) is 5.75 Å². The summed E-state index contributed by atoms with van der Waals surface area (Å²) in [7, 11) is 2.91. The fourth-order valence-corrected chi connectivity index (χ4v) is 3.74. The number of hydrogen-bond acceptors (Lipinski definition) is 5. The van der Waals surface area contributed by atoms with E-state index in [1.165, 1.54) is 19.2 Å². The maximum absolute atomic E-state index is 14.4. The van der Waals surface area contributed by atoms with Gasteiger partial charge in [-0.1, -0.05) is 30.3 Å². The average Bonchev–Trinajstić information content (AvgIpc) is 3.29. The molecule has 10 heteroatoms. The number of rotatable bonds is 9. The molecule has 186 valence electrons. The zero-order valence-electron chi connectivity index (χ0n) is 19.8. The van der Waals surface area contributed by atoms with Gasteiger partial charge < -0.3 is 19.9 Å². The molecule has 0 fully saturated rings. The lowest BCUT2D eigenvalue weighted by atomic mass is 10.1. The molecule has 0 saturated heterocycles. The summed E-state index contributed by atoms with van der Waals surface area (Å²) in [6.07, 6.45) is 3.31. The minimum atomic E-state index is -0.858. The summed E-state index contributed by atoms with van der Waals surface area (Å²) >= 11 is 0. The molecule has 0 unspecified atom stereocenters. The van der Waals surface area contributed by atoms with Gasteiger partial charge in [0.25, 0.3) is 11.5 Å². The van der Waals surface area contributed by atoms with Crippen molar-refractivity contribution in [2.45, 2.75) is 19.6 Å². The fourth-order valence-electron chi connectivity index (χ4n) is 3.74. The maximum atomic E-state index is 14.4. The van der Waals surface area contributed by atoms with Crippen LogP contribution < -0.4 is 20.9 Å². The molecule has 0 bridgehead atoms. The van der Waals surface area contributed by atoms with E-state index in [0.29, 0.717) is 18.9 Å². The van der Waals surface area contributed by atoms with Crippen LogP contribution in [0.5, 0.6) is 5.75 Å². The number of halogens is 2. The second-order valence-electron chi connectivity index (χ2n) is 8.05. The van der Waals surface area contributed by atoms with Gasteiger partial charge in [0.2, 0.25) is 0 Å². The molecule has 0 aliphatic heterocycles. The highest BCUT2D eigenvalue weighted by Gasteiger charge is 2.19. The first kappa shape index (κ1) is 24.6. The topological polar surface area (TPSA) is 90.2 Å². The van der Waals surface area contributed by atoms with Crippen molar-refractivity contribution in [3.05, 3.63) is 111 Å². The van der Waals surface area contributed by atoms with Gasteiger partial charge in [0.1, 0.15) is 11.4 Å². The molecular weight excluding hydrogens is 468 g/mol.